The molecule has 4 aliphatic rings. The van der Waals surface area contributed by atoms with Crippen LogP contribution in [0, 0.1) is 0 Å². The third kappa shape index (κ3) is 4.46. The Balaban J connectivity index is 1.17. The van der Waals surface area contributed by atoms with Crippen LogP contribution in [0.2, 0.25) is 0 Å². The minimum absolute atomic E-state index is 0.0443. The van der Waals surface area contributed by atoms with E-state index in [-0.39, 0.29) is 24.5 Å². The van der Waals surface area contributed by atoms with Crippen molar-refractivity contribution in [3.05, 3.63) is 181 Å². The summed E-state index contributed by atoms with van der Waals surface area (Å²) in [6.45, 7) is 14.2. The number of rotatable bonds is 2. The maximum atomic E-state index is 2.79. The highest BCUT2D eigenvalue weighted by Crippen LogP contribution is 2.53. The van der Waals surface area contributed by atoms with Crippen LogP contribution in [0.1, 0.15) is 52.7 Å². The maximum Gasteiger partial charge on any atom is 0.333 e. The summed E-state index contributed by atoms with van der Waals surface area (Å²) in [7, 11) is 0. The quantitative estimate of drug-likeness (QED) is 0.162. The fourth-order valence-electron chi connectivity index (χ4n) is 12.5. The first-order chi connectivity index (χ1) is 31.1. The average Bonchev–Trinajstić information content (AvgIpc) is 3.83. The van der Waals surface area contributed by atoms with E-state index in [9.17, 15) is 0 Å². The summed E-state index contributed by atoms with van der Waals surface area (Å²) in [5.41, 5.74) is 26.1. The third-order valence-corrected chi connectivity index (χ3v) is 14.9. The number of aromatic nitrogens is 2. The predicted molar refractivity (Wildman–Crippen MR) is 273 cm³/mol. The predicted octanol–water partition coefficient (Wildman–Crippen LogP) is 12.2. The van der Waals surface area contributed by atoms with Crippen molar-refractivity contribution >= 4 is 103 Å². The lowest BCUT2D eigenvalue weighted by Gasteiger charge is -2.42. The van der Waals surface area contributed by atoms with Crippen LogP contribution in [0.4, 0.5) is 34.1 Å². The Morgan fingerprint density at radius 3 is 1.14 bits per heavy atom. The van der Waals surface area contributed by atoms with Gasteiger partial charge in [0.15, 0.2) is 0 Å². The molecule has 0 radical (unpaired) electrons. The number of fused-ring (bicyclic) bond motifs is 13. The van der Waals surface area contributed by atoms with Gasteiger partial charge in [-0.1, -0.05) is 163 Å². The van der Waals surface area contributed by atoms with Crippen molar-refractivity contribution in [1.29, 1.82) is 0 Å². The molecule has 4 aliphatic heterocycles. The summed E-state index contributed by atoms with van der Waals surface area (Å²) in [4.78, 5) is 5.03. The van der Waals surface area contributed by atoms with Crippen molar-refractivity contribution in [3.63, 3.8) is 0 Å². The number of para-hydroxylation sites is 6. The van der Waals surface area contributed by atoms with Gasteiger partial charge in [-0.15, -0.1) is 0 Å². The molecular formula is C58H46B2N4. The first kappa shape index (κ1) is 36.3. The van der Waals surface area contributed by atoms with E-state index in [1.807, 2.05) is 0 Å². The summed E-state index contributed by atoms with van der Waals surface area (Å²) in [5, 5.41) is 2.63. The largest absolute Gasteiger partial charge is 0.374 e. The molecular weight excluding hydrogens is 774 g/mol. The molecule has 4 nitrogen and oxygen atoms in total. The van der Waals surface area contributed by atoms with Gasteiger partial charge < -0.3 is 18.8 Å². The molecule has 0 saturated carbocycles. The van der Waals surface area contributed by atoms with Gasteiger partial charge in [-0.2, -0.15) is 0 Å². The smallest absolute Gasteiger partial charge is 0.333 e. The second-order valence-electron chi connectivity index (χ2n) is 20.4. The van der Waals surface area contributed by atoms with Crippen molar-refractivity contribution in [1.82, 2.24) is 8.96 Å². The Hall–Kier alpha value is -7.17. The molecule has 0 amide bonds. The van der Waals surface area contributed by atoms with Crippen LogP contribution in [0.5, 0.6) is 0 Å². The highest BCUT2D eigenvalue weighted by Gasteiger charge is 2.48. The summed E-state index contributed by atoms with van der Waals surface area (Å²) >= 11 is 0. The Morgan fingerprint density at radius 1 is 0.344 bits per heavy atom. The molecule has 0 atom stereocenters. The zero-order valence-electron chi connectivity index (χ0n) is 37.1. The highest BCUT2D eigenvalue weighted by atomic mass is 15.2. The molecule has 64 heavy (non-hydrogen) atoms. The van der Waals surface area contributed by atoms with Gasteiger partial charge in [0.2, 0.25) is 0 Å². The molecule has 6 heterocycles. The zero-order chi connectivity index (χ0) is 43.0. The third-order valence-electron chi connectivity index (χ3n) is 14.9. The summed E-state index contributed by atoms with van der Waals surface area (Å²) < 4.78 is 5.57. The lowest BCUT2D eigenvalue weighted by Crippen LogP contribution is -2.57. The molecule has 0 spiro atoms. The van der Waals surface area contributed by atoms with E-state index >= 15 is 0 Å². The second kappa shape index (κ2) is 12.3. The molecule has 10 aromatic rings. The van der Waals surface area contributed by atoms with Gasteiger partial charge in [-0.25, -0.2) is 0 Å². The SMILES string of the molecule is CC(C)(C)c1ccc2c3c1-c1cccc4c1n(c1c5cccc6c5n(c41)B1c4ccccc4N(c4ccccc4)c4ccc(C(C)(C)C)c-6c41)B3c1ccccc1N2c1ccccc1. The summed E-state index contributed by atoms with van der Waals surface area (Å²) in [5.74, 6) is 0. The van der Waals surface area contributed by atoms with Crippen molar-refractivity contribution in [2.45, 2.75) is 52.4 Å². The van der Waals surface area contributed by atoms with E-state index in [1.54, 1.807) is 0 Å². The molecule has 304 valence electrons. The Kier molecular flexibility index (Phi) is 6.98. The maximum absolute atomic E-state index is 2.79. The summed E-state index contributed by atoms with van der Waals surface area (Å²) in [6, 6.07) is 64.3. The van der Waals surface area contributed by atoms with Crippen LogP contribution < -0.4 is 31.7 Å². The fourth-order valence-corrected chi connectivity index (χ4v) is 12.5. The van der Waals surface area contributed by atoms with E-state index < -0.39 is 0 Å². The van der Waals surface area contributed by atoms with Crippen molar-refractivity contribution in [3.8, 4) is 22.3 Å². The second-order valence-corrected chi connectivity index (χ2v) is 20.4. The van der Waals surface area contributed by atoms with E-state index in [0.29, 0.717) is 0 Å². The van der Waals surface area contributed by atoms with Crippen molar-refractivity contribution < 1.29 is 0 Å². The van der Waals surface area contributed by atoms with Crippen LogP contribution in [-0.4, -0.2) is 22.7 Å². The Labute approximate surface area is 375 Å². The molecule has 0 bridgehead atoms. The van der Waals surface area contributed by atoms with Gasteiger partial charge in [0.1, 0.15) is 0 Å². The molecule has 0 fully saturated rings. The molecule has 0 unspecified atom stereocenters. The first-order valence-corrected chi connectivity index (χ1v) is 22.9. The van der Waals surface area contributed by atoms with Crippen LogP contribution in [0.15, 0.2) is 170 Å². The fraction of sp³-hybridized carbons (Fsp3) is 0.138. The zero-order valence-corrected chi connectivity index (χ0v) is 37.1. The number of hydrogen-bond donors (Lipinski definition) is 0. The number of anilines is 6. The average molecular weight is 821 g/mol. The van der Waals surface area contributed by atoms with Crippen LogP contribution in [-0.2, 0) is 10.8 Å². The van der Waals surface area contributed by atoms with E-state index in [0.717, 1.165) is 0 Å². The molecule has 6 heteroatoms. The van der Waals surface area contributed by atoms with Gasteiger partial charge in [-0.05, 0) is 103 Å². The highest BCUT2D eigenvalue weighted by molar-refractivity contribution is 6.92. The lowest BCUT2D eigenvalue weighted by molar-refractivity contribution is 0.592. The normalized spacial score (nSPS) is 14.3. The molecule has 2 aromatic heterocycles. The van der Waals surface area contributed by atoms with Gasteiger partial charge in [0.05, 0.1) is 11.0 Å². The minimum atomic E-state index is -0.0845. The van der Waals surface area contributed by atoms with Crippen molar-refractivity contribution in [2.24, 2.45) is 0 Å². The van der Waals surface area contributed by atoms with Gasteiger partial charge in [0, 0.05) is 67.1 Å². The van der Waals surface area contributed by atoms with Crippen LogP contribution >= 0.6 is 0 Å². The lowest BCUT2D eigenvalue weighted by atomic mass is 9.44. The van der Waals surface area contributed by atoms with E-state index in [4.69, 9.17) is 0 Å². The molecule has 0 saturated heterocycles. The Bertz CT molecular complexity index is 3420. The topological polar surface area (TPSA) is 16.3 Å². The van der Waals surface area contributed by atoms with Gasteiger partial charge in [0.25, 0.3) is 0 Å². The molecule has 0 aliphatic carbocycles. The standard InChI is InChI=1S/C58H46B2N4/c1-57(2,3)41-31-33-47-51-49(41)37-23-17-25-39-53(37)63(59(51)43-27-13-15-29-45(43)61(47)35-19-9-7-10-20-35)56-40-26-18-24-38-50-42(58(4,5)6)32-34-48-52(50)60(64(54(38)40)55(39)56)44-28-14-16-30-46(44)62(48)36-21-11-8-12-22-36/h7-34H,1-6H3. The molecule has 0 N–H and O–H groups in total. The van der Waals surface area contributed by atoms with E-state index in [2.05, 4.69) is 230 Å². The summed E-state index contributed by atoms with van der Waals surface area (Å²) in [6.07, 6.45) is 0. The van der Waals surface area contributed by atoms with Gasteiger partial charge in [-0.3, -0.25) is 0 Å². The van der Waals surface area contributed by atoms with Crippen LogP contribution in [0.25, 0.3) is 55.1 Å². The number of nitrogens with zero attached hydrogens (tertiary/aromatic N) is 4. The number of benzene rings is 8. The molecule has 8 aromatic carbocycles. The Morgan fingerprint density at radius 2 is 0.734 bits per heavy atom. The molecule has 14 rings (SSSR count). The van der Waals surface area contributed by atoms with Crippen LogP contribution in [0.3, 0.4) is 0 Å². The van der Waals surface area contributed by atoms with Crippen molar-refractivity contribution in [2.75, 3.05) is 9.80 Å². The monoisotopic (exact) mass is 820 g/mol. The van der Waals surface area contributed by atoms with Gasteiger partial charge >= 0.3 is 13.7 Å². The number of hydrogen-bond acceptors (Lipinski definition) is 2. The minimum Gasteiger partial charge on any atom is -0.374 e. The first-order valence-electron chi connectivity index (χ1n) is 22.9. The van der Waals surface area contributed by atoms with E-state index in [1.165, 1.54) is 122 Å².